The van der Waals surface area contributed by atoms with Crippen LogP contribution in [0.3, 0.4) is 0 Å². The van der Waals surface area contributed by atoms with Crippen LogP contribution in [0, 0.1) is 0 Å². The molecule has 0 saturated heterocycles. The van der Waals surface area contributed by atoms with Crippen molar-refractivity contribution in [3.05, 3.63) is 65.2 Å². The summed E-state index contributed by atoms with van der Waals surface area (Å²) in [7, 11) is 3.15. The third-order valence-electron chi connectivity index (χ3n) is 3.75. The summed E-state index contributed by atoms with van der Waals surface area (Å²) >= 11 is 1.52. The standard InChI is InChI=1S/C20H19N3O3S/c1-25-17-9-8-15(18(11-17)26-2)12-21-23-19(24)10-16-13-27-20(22-16)14-6-4-3-5-7-14/h3-9,11-13H,10H2,1-2H3,(H,23,24). The van der Waals surface area contributed by atoms with Crippen molar-refractivity contribution >= 4 is 23.5 Å². The first-order valence-electron chi connectivity index (χ1n) is 8.23. The summed E-state index contributed by atoms with van der Waals surface area (Å²) in [4.78, 5) is 16.6. The lowest BCUT2D eigenvalue weighted by Gasteiger charge is -2.06. The van der Waals surface area contributed by atoms with E-state index in [2.05, 4.69) is 15.5 Å². The molecular formula is C20H19N3O3S. The van der Waals surface area contributed by atoms with Crippen molar-refractivity contribution in [2.45, 2.75) is 6.42 Å². The zero-order valence-corrected chi connectivity index (χ0v) is 15.8. The number of carbonyl (C=O) groups is 1. The highest BCUT2D eigenvalue weighted by Gasteiger charge is 2.08. The number of nitrogens with one attached hydrogen (secondary N) is 1. The molecule has 6 nitrogen and oxygen atoms in total. The number of hydrogen-bond acceptors (Lipinski definition) is 6. The van der Waals surface area contributed by atoms with Gasteiger partial charge in [0.05, 0.1) is 32.5 Å². The van der Waals surface area contributed by atoms with E-state index in [0.717, 1.165) is 16.1 Å². The number of carbonyl (C=O) groups excluding carboxylic acids is 1. The van der Waals surface area contributed by atoms with Crippen LogP contribution in [-0.2, 0) is 11.2 Å². The van der Waals surface area contributed by atoms with Crippen LogP contribution in [0.5, 0.6) is 11.5 Å². The molecule has 0 aliphatic heterocycles. The minimum absolute atomic E-state index is 0.167. The zero-order valence-electron chi connectivity index (χ0n) is 15.0. The maximum atomic E-state index is 12.1. The van der Waals surface area contributed by atoms with E-state index in [4.69, 9.17) is 9.47 Å². The predicted molar refractivity (Wildman–Crippen MR) is 107 cm³/mol. The Morgan fingerprint density at radius 2 is 2.00 bits per heavy atom. The number of amides is 1. The zero-order chi connectivity index (χ0) is 19.1. The van der Waals surface area contributed by atoms with Gasteiger partial charge in [-0.25, -0.2) is 10.4 Å². The van der Waals surface area contributed by atoms with Crippen molar-refractivity contribution in [3.8, 4) is 22.1 Å². The Kier molecular flexibility index (Phi) is 6.17. The molecule has 0 spiro atoms. The number of hydrazone groups is 1. The maximum absolute atomic E-state index is 12.1. The average molecular weight is 381 g/mol. The molecule has 0 unspecified atom stereocenters. The molecule has 3 aromatic rings. The Bertz CT molecular complexity index is 939. The van der Waals surface area contributed by atoms with E-state index in [9.17, 15) is 4.79 Å². The van der Waals surface area contributed by atoms with Crippen molar-refractivity contribution < 1.29 is 14.3 Å². The van der Waals surface area contributed by atoms with Crippen LogP contribution >= 0.6 is 11.3 Å². The number of rotatable bonds is 7. The maximum Gasteiger partial charge on any atom is 0.246 e. The molecule has 27 heavy (non-hydrogen) atoms. The van der Waals surface area contributed by atoms with Crippen molar-refractivity contribution in [2.24, 2.45) is 5.10 Å². The van der Waals surface area contributed by atoms with Crippen LogP contribution in [-0.4, -0.2) is 31.3 Å². The summed E-state index contributed by atoms with van der Waals surface area (Å²) in [5.41, 5.74) is 5.01. The second-order valence-corrected chi connectivity index (χ2v) is 6.45. The molecule has 1 N–H and O–H groups in total. The minimum atomic E-state index is -0.233. The third-order valence-corrected chi connectivity index (χ3v) is 4.69. The summed E-state index contributed by atoms with van der Waals surface area (Å²) < 4.78 is 10.4. The summed E-state index contributed by atoms with van der Waals surface area (Å²) in [5.74, 6) is 1.06. The quantitative estimate of drug-likeness (QED) is 0.502. The summed E-state index contributed by atoms with van der Waals surface area (Å²) in [5, 5.41) is 6.78. The van der Waals surface area contributed by atoms with Gasteiger partial charge in [0.2, 0.25) is 5.91 Å². The molecule has 0 bridgehead atoms. The number of aromatic nitrogens is 1. The highest BCUT2D eigenvalue weighted by molar-refractivity contribution is 7.13. The Morgan fingerprint density at radius 1 is 1.19 bits per heavy atom. The molecule has 0 radical (unpaired) electrons. The Morgan fingerprint density at radius 3 is 2.74 bits per heavy atom. The summed E-state index contributed by atoms with van der Waals surface area (Å²) in [6, 6.07) is 15.2. The fourth-order valence-electron chi connectivity index (χ4n) is 2.40. The fraction of sp³-hybridized carbons (Fsp3) is 0.150. The van der Waals surface area contributed by atoms with Crippen LogP contribution in [0.1, 0.15) is 11.3 Å². The van der Waals surface area contributed by atoms with Gasteiger partial charge >= 0.3 is 0 Å². The second kappa shape index (κ2) is 8.95. The summed E-state index contributed by atoms with van der Waals surface area (Å²) in [6.45, 7) is 0. The predicted octanol–water partition coefficient (Wildman–Crippen LogP) is 3.52. The van der Waals surface area contributed by atoms with Gasteiger partial charge in [-0.2, -0.15) is 5.10 Å². The molecule has 0 atom stereocenters. The topological polar surface area (TPSA) is 72.8 Å². The second-order valence-electron chi connectivity index (χ2n) is 5.59. The Labute approximate surface area is 161 Å². The van der Waals surface area contributed by atoms with Gasteiger partial charge in [-0.3, -0.25) is 4.79 Å². The van der Waals surface area contributed by atoms with Gasteiger partial charge in [0, 0.05) is 22.6 Å². The van der Waals surface area contributed by atoms with Gasteiger partial charge in [-0.05, 0) is 12.1 Å². The molecule has 3 rings (SSSR count). The van der Waals surface area contributed by atoms with E-state index in [1.165, 1.54) is 17.6 Å². The normalized spacial score (nSPS) is 10.7. The highest BCUT2D eigenvalue weighted by atomic mass is 32.1. The van der Waals surface area contributed by atoms with Gasteiger partial charge in [-0.15, -0.1) is 11.3 Å². The van der Waals surface area contributed by atoms with Crippen LogP contribution in [0.25, 0.3) is 10.6 Å². The first-order valence-corrected chi connectivity index (χ1v) is 9.11. The van der Waals surface area contributed by atoms with Crippen molar-refractivity contribution in [1.29, 1.82) is 0 Å². The van der Waals surface area contributed by atoms with Gasteiger partial charge in [0.15, 0.2) is 0 Å². The first kappa shape index (κ1) is 18.6. The minimum Gasteiger partial charge on any atom is -0.497 e. The van der Waals surface area contributed by atoms with Gasteiger partial charge in [0.25, 0.3) is 0 Å². The van der Waals surface area contributed by atoms with Crippen LogP contribution in [0.4, 0.5) is 0 Å². The first-order chi connectivity index (χ1) is 13.2. The van der Waals surface area contributed by atoms with E-state index >= 15 is 0 Å². The average Bonchev–Trinajstić information content (AvgIpc) is 3.17. The lowest BCUT2D eigenvalue weighted by molar-refractivity contribution is -0.120. The smallest absolute Gasteiger partial charge is 0.246 e. The number of nitrogens with zero attached hydrogens (tertiary/aromatic N) is 2. The van der Waals surface area contributed by atoms with Gasteiger partial charge in [-0.1, -0.05) is 30.3 Å². The van der Waals surface area contributed by atoms with E-state index in [0.29, 0.717) is 17.2 Å². The van der Waals surface area contributed by atoms with E-state index < -0.39 is 0 Å². The van der Waals surface area contributed by atoms with Crippen LogP contribution in [0.15, 0.2) is 59.0 Å². The molecule has 7 heteroatoms. The SMILES string of the molecule is COc1ccc(C=NNC(=O)Cc2csc(-c3ccccc3)n2)c(OC)c1. The molecule has 1 amide bonds. The summed E-state index contributed by atoms with van der Waals surface area (Å²) in [6.07, 6.45) is 1.70. The van der Waals surface area contributed by atoms with E-state index in [-0.39, 0.29) is 12.3 Å². The molecule has 138 valence electrons. The highest BCUT2D eigenvalue weighted by Crippen LogP contribution is 2.24. The monoisotopic (exact) mass is 381 g/mol. The molecule has 0 fully saturated rings. The fourth-order valence-corrected chi connectivity index (χ4v) is 3.23. The molecule has 0 aliphatic rings. The number of ether oxygens (including phenoxy) is 2. The molecule has 1 heterocycles. The molecular weight excluding hydrogens is 362 g/mol. The van der Waals surface area contributed by atoms with Gasteiger partial charge < -0.3 is 9.47 Å². The third kappa shape index (κ3) is 4.92. The molecule has 2 aromatic carbocycles. The Hall–Kier alpha value is -3.19. The largest absolute Gasteiger partial charge is 0.497 e. The molecule has 0 aliphatic carbocycles. The number of benzene rings is 2. The van der Waals surface area contributed by atoms with Gasteiger partial charge in [0.1, 0.15) is 16.5 Å². The van der Waals surface area contributed by atoms with E-state index in [1.54, 1.807) is 32.4 Å². The molecule has 0 saturated carbocycles. The molecule has 1 aromatic heterocycles. The number of hydrogen-bond donors (Lipinski definition) is 1. The lowest BCUT2D eigenvalue weighted by Crippen LogP contribution is -2.20. The number of methoxy groups -OCH3 is 2. The van der Waals surface area contributed by atoms with Crippen LogP contribution in [0.2, 0.25) is 0 Å². The van der Waals surface area contributed by atoms with E-state index in [1.807, 2.05) is 35.7 Å². The van der Waals surface area contributed by atoms with Crippen molar-refractivity contribution in [2.75, 3.05) is 14.2 Å². The van der Waals surface area contributed by atoms with Crippen molar-refractivity contribution in [1.82, 2.24) is 10.4 Å². The van der Waals surface area contributed by atoms with Crippen LogP contribution < -0.4 is 14.9 Å². The lowest BCUT2D eigenvalue weighted by atomic mass is 10.2. The number of thiazole rings is 1. The van der Waals surface area contributed by atoms with Crippen molar-refractivity contribution in [3.63, 3.8) is 0 Å². The Balaban J connectivity index is 1.59.